The lowest BCUT2D eigenvalue weighted by atomic mass is 9.94. The third-order valence-corrected chi connectivity index (χ3v) is 4.27. The maximum absolute atomic E-state index is 12.5. The van der Waals surface area contributed by atoms with E-state index in [1.807, 2.05) is 25.1 Å². The van der Waals surface area contributed by atoms with Crippen molar-refractivity contribution in [2.45, 2.75) is 13.3 Å². The molecule has 6 nitrogen and oxygen atoms in total. The molecule has 0 saturated carbocycles. The molecule has 2 aromatic carbocycles. The average molecular weight is 349 g/mol. The van der Waals surface area contributed by atoms with Crippen LogP contribution in [0.1, 0.15) is 29.3 Å². The number of nitrogens with one attached hydrogen (secondary N) is 1. The first-order chi connectivity index (χ1) is 12.5. The molecule has 0 spiro atoms. The van der Waals surface area contributed by atoms with E-state index in [0.29, 0.717) is 28.9 Å². The van der Waals surface area contributed by atoms with E-state index in [1.165, 1.54) is 0 Å². The van der Waals surface area contributed by atoms with Crippen molar-refractivity contribution in [2.75, 3.05) is 5.32 Å². The van der Waals surface area contributed by atoms with E-state index in [0.717, 1.165) is 0 Å². The Labute approximate surface area is 151 Å². The Hall–Kier alpha value is -3.41. The fourth-order valence-corrected chi connectivity index (χ4v) is 2.91. The summed E-state index contributed by atoms with van der Waals surface area (Å²) in [5.41, 5.74) is 8.45. The van der Waals surface area contributed by atoms with Crippen LogP contribution in [0.3, 0.4) is 0 Å². The molecule has 1 atom stereocenters. The summed E-state index contributed by atoms with van der Waals surface area (Å²) in [7, 11) is 0. The summed E-state index contributed by atoms with van der Waals surface area (Å²) in [5, 5.41) is 12.3. The van der Waals surface area contributed by atoms with Gasteiger partial charge in [-0.2, -0.15) is 0 Å². The van der Waals surface area contributed by atoms with Crippen molar-refractivity contribution in [3.8, 4) is 0 Å². The van der Waals surface area contributed by atoms with E-state index < -0.39 is 11.9 Å². The zero-order valence-electron chi connectivity index (χ0n) is 14.3. The number of carboxylic acids is 1. The number of aliphatic imine (C=N–C) groups is 1. The van der Waals surface area contributed by atoms with Gasteiger partial charge in [-0.25, -0.2) is 9.79 Å². The number of fused-ring (bicyclic) bond motifs is 1. The quantitative estimate of drug-likeness (QED) is 0.786. The molecule has 1 amide bonds. The molecule has 3 rings (SSSR count). The van der Waals surface area contributed by atoms with Gasteiger partial charge in [0.25, 0.3) is 5.91 Å². The molecule has 0 fully saturated rings. The van der Waals surface area contributed by atoms with Crippen LogP contribution < -0.4 is 11.1 Å². The second kappa shape index (κ2) is 7.23. The number of nitrogens with zero attached hydrogens (tertiary/aromatic N) is 1. The predicted molar refractivity (Wildman–Crippen MR) is 102 cm³/mol. The van der Waals surface area contributed by atoms with Gasteiger partial charge in [-0.3, -0.25) is 4.79 Å². The number of para-hydroxylation sites is 1. The number of carbonyl (C=O) groups is 2. The number of benzene rings is 2. The zero-order valence-corrected chi connectivity index (χ0v) is 14.3. The number of hydrogen-bond acceptors (Lipinski definition) is 4. The van der Waals surface area contributed by atoms with Gasteiger partial charge in [0.15, 0.2) is 0 Å². The van der Waals surface area contributed by atoms with E-state index in [1.54, 1.807) is 36.4 Å². The predicted octanol–water partition coefficient (Wildman–Crippen LogP) is 3.44. The molecule has 4 N–H and O–H groups in total. The first-order valence-corrected chi connectivity index (χ1v) is 8.29. The molecule has 26 heavy (non-hydrogen) atoms. The number of carboxylic acid groups (broad SMARTS) is 1. The van der Waals surface area contributed by atoms with Crippen molar-refractivity contribution in [2.24, 2.45) is 16.6 Å². The number of hydrogen-bond donors (Lipinski definition) is 3. The van der Waals surface area contributed by atoms with Crippen LogP contribution >= 0.6 is 0 Å². The van der Waals surface area contributed by atoms with Crippen molar-refractivity contribution >= 4 is 35.2 Å². The summed E-state index contributed by atoms with van der Waals surface area (Å²) in [6.07, 6.45) is 2.11. The van der Waals surface area contributed by atoms with Crippen LogP contribution in [0, 0.1) is 5.92 Å². The molecule has 0 aliphatic carbocycles. The maximum Gasteiger partial charge on any atom is 0.332 e. The molecule has 0 saturated heterocycles. The number of nitrogens with two attached hydrogens (primary N) is 1. The fraction of sp³-hybridized carbons (Fsp3) is 0.150. The Morgan fingerprint density at radius 1 is 1.19 bits per heavy atom. The van der Waals surface area contributed by atoms with Crippen LogP contribution in [0.5, 0.6) is 0 Å². The normalized spacial score (nSPS) is 16.0. The second-order valence-electron chi connectivity index (χ2n) is 6.00. The van der Waals surface area contributed by atoms with Crippen LogP contribution in [0.15, 0.2) is 59.1 Å². The maximum atomic E-state index is 12.5. The van der Waals surface area contributed by atoms with Gasteiger partial charge >= 0.3 is 5.97 Å². The summed E-state index contributed by atoms with van der Waals surface area (Å²) >= 11 is 0. The van der Waals surface area contributed by atoms with Crippen LogP contribution in [0.2, 0.25) is 0 Å². The number of rotatable bonds is 4. The van der Waals surface area contributed by atoms with Gasteiger partial charge in [0.1, 0.15) is 5.84 Å². The second-order valence-corrected chi connectivity index (χ2v) is 6.00. The molecule has 0 aromatic heterocycles. The van der Waals surface area contributed by atoms with Crippen LogP contribution in [-0.2, 0) is 4.79 Å². The van der Waals surface area contributed by atoms with Crippen LogP contribution in [-0.4, -0.2) is 22.8 Å². The number of anilines is 1. The van der Waals surface area contributed by atoms with Crippen molar-refractivity contribution in [3.05, 3.63) is 65.2 Å². The molecule has 6 heteroatoms. The van der Waals surface area contributed by atoms with Gasteiger partial charge in [-0.05, 0) is 36.8 Å². The Morgan fingerprint density at radius 2 is 1.92 bits per heavy atom. The molecule has 132 valence electrons. The van der Waals surface area contributed by atoms with Crippen LogP contribution in [0.25, 0.3) is 6.08 Å². The van der Waals surface area contributed by atoms with Crippen molar-refractivity contribution in [1.82, 2.24) is 0 Å². The van der Waals surface area contributed by atoms with E-state index in [-0.39, 0.29) is 17.3 Å². The Bertz CT molecular complexity index is 917. The number of amides is 1. The zero-order chi connectivity index (χ0) is 18.7. The molecular formula is C20H19N3O3. The largest absolute Gasteiger partial charge is 0.478 e. The van der Waals surface area contributed by atoms with Gasteiger partial charge in [0, 0.05) is 28.3 Å². The molecule has 1 aliphatic heterocycles. The molecule has 1 aliphatic rings. The molecule has 0 bridgehead atoms. The SMILES string of the molecule is CCC1C(C(=O)O)=Cc2ccc(C(=O)Nc3ccccc3)cc2N=C1N. The Kier molecular flexibility index (Phi) is 4.84. The molecule has 1 heterocycles. The van der Waals surface area contributed by atoms with Crippen molar-refractivity contribution in [3.63, 3.8) is 0 Å². The third-order valence-electron chi connectivity index (χ3n) is 4.27. The standard InChI is InChI=1S/C20H19N3O3/c1-2-15-16(20(25)26)10-12-8-9-13(11-17(12)23-18(15)21)19(24)22-14-6-4-3-5-7-14/h3-11,15H,2H2,1H3,(H2,21,23)(H,22,24)(H,25,26). The van der Waals surface area contributed by atoms with E-state index >= 15 is 0 Å². The monoisotopic (exact) mass is 349 g/mol. The van der Waals surface area contributed by atoms with Crippen molar-refractivity contribution < 1.29 is 14.7 Å². The van der Waals surface area contributed by atoms with E-state index in [2.05, 4.69) is 10.3 Å². The van der Waals surface area contributed by atoms with Gasteiger partial charge in [0.2, 0.25) is 0 Å². The highest BCUT2D eigenvalue weighted by Crippen LogP contribution is 2.31. The fourth-order valence-electron chi connectivity index (χ4n) is 2.91. The summed E-state index contributed by atoms with van der Waals surface area (Å²) < 4.78 is 0. The molecule has 1 unspecified atom stereocenters. The summed E-state index contributed by atoms with van der Waals surface area (Å²) in [6.45, 7) is 1.86. The van der Waals surface area contributed by atoms with Crippen molar-refractivity contribution in [1.29, 1.82) is 0 Å². The first kappa shape index (κ1) is 17.4. The first-order valence-electron chi connectivity index (χ1n) is 8.29. The van der Waals surface area contributed by atoms with Gasteiger partial charge < -0.3 is 16.2 Å². The van der Waals surface area contributed by atoms with E-state index in [4.69, 9.17) is 5.73 Å². The highest BCUT2D eigenvalue weighted by atomic mass is 16.4. The van der Waals surface area contributed by atoms with Gasteiger partial charge in [-0.15, -0.1) is 0 Å². The summed E-state index contributed by atoms with van der Waals surface area (Å²) in [4.78, 5) is 28.4. The van der Waals surface area contributed by atoms with Gasteiger partial charge in [-0.1, -0.05) is 31.2 Å². The molecule has 2 aromatic rings. The highest BCUT2D eigenvalue weighted by Gasteiger charge is 2.25. The third kappa shape index (κ3) is 3.49. The number of carbonyl (C=O) groups excluding carboxylic acids is 1. The number of amidine groups is 1. The number of aliphatic carboxylic acids is 1. The molecular weight excluding hydrogens is 330 g/mol. The lowest BCUT2D eigenvalue weighted by molar-refractivity contribution is -0.132. The lowest BCUT2D eigenvalue weighted by Crippen LogP contribution is -2.27. The minimum atomic E-state index is -1.02. The lowest BCUT2D eigenvalue weighted by Gasteiger charge is -2.13. The smallest absolute Gasteiger partial charge is 0.332 e. The molecule has 0 radical (unpaired) electrons. The summed E-state index contributed by atoms with van der Waals surface area (Å²) in [5.74, 6) is -1.51. The average Bonchev–Trinajstić information content (AvgIpc) is 2.77. The minimum absolute atomic E-state index is 0.203. The topological polar surface area (TPSA) is 105 Å². The highest BCUT2D eigenvalue weighted by molar-refractivity contribution is 6.07. The Morgan fingerprint density at radius 3 is 2.58 bits per heavy atom. The minimum Gasteiger partial charge on any atom is -0.478 e. The summed E-state index contributed by atoms with van der Waals surface area (Å²) in [6, 6.07) is 14.1. The van der Waals surface area contributed by atoms with E-state index in [9.17, 15) is 14.7 Å². The van der Waals surface area contributed by atoms with Gasteiger partial charge in [0.05, 0.1) is 5.69 Å². The Balaban J connectivity index is 1.97. The van der Waals surface area contributed by atoms with Crippen LogP contribution in [0.4, 0.5) is 11.4 Å².